The normalized spacial score (nSPS) is 13.3. The van der Waals surface area contributed by atoms with E-state index < -0.39 is 22.4 Å². The van der Waals surface area contributed by atoms with Crippen LogP contribution >= 0.6 is 15.9 Å². The van der Waals surface area contributed by atoms with Crippen LogP contribution in [0.15, 0.2) is 56.1 Å². The topological polar surface area (TPSA) is 111 Å². The third kappa shape index (κ3) is 2.81. The summed E-state index contributed by atoms with van der Waals surface area (Å²) in [5, 5.41) is 11.5. The largest absolute Gasteiger partial charge is 0.423 e. The highest BCUT2D eigenvalue weighted by Crippen LogP contribution is 2.29. The number of hydrogen-bond acceptors (Lipinski definition) is 6. The number of non-ortho nitro benzene ring substituents is 1. The van der Waals surface area contributed by atoms with Gasteiger partial charge in [0.2, 0.25) is 0 Å². The van der Waals surface area contributed by atoms with Gasteiger partial charge in [-0.25, -0.2) is 4.79 Å². The molecule has 27 heavy (non-hydrogen) atoms. The molecule has 1 aliphatic rings. The number of halogens is 1. The van der Waals surface area contributed by atoms with Gasteiger partial charge in [0.05, 0.1) is 22.6 Å². The number of nitro groups is 1. The lowest BCUT2D eigenvalue weighted by Gasteiger charge is -2.15. The molecule has 2 aromatic carbocycles. The van der Waals surface area contributed by atoms with E-state index in [1.807, 2.05) is 0 Å². The van der Waals surface area contributed by atoms with E-state index in [4.69, 9.17) is 4.42 Å². The Morgan fingerprint density at radius 3 is 2.48 bits per heavy atom. The highest BCUT2D eigenvalue weighted by molar-refractivity contribution is 9.10. The van der Waals surface area contributed by atoms with Crippen molar-refractivity contribution < 1.29 is 18.9 Å². The molecule has 0 bridgehead atoms. The van der Waals surface area contributed by atoms with Gasteiger partial charge in [-0.3, -0.25) is 24.6 Å². The first-order valence-corrected chi connectivity index (χ1v) is 8.51. The molecule has 1 aromatic heterocycles. The zero-order chi connectivity index (χ0) is 19.3. The molecule has 0 atom stereocenters. The molecule has 0 N–H and O–H groups in total. The highest BCUT2D eigenvalue weighted by atomic mass is 79.9. The van der Waals surface area contributed by atoms with Crippen molar-refractivity contribution >= 4 is 44.4 Å². The Kier molecular flexibility index (Phi) is 3.88. The van der Waals surface area contributed by atoms with Gasteiger partial charge in [-0.2, -0.15) is 0 Å². The van der Waals surface area contributed by atoms with Gasteiger partial charge in [-0.05, 0) is 29.8 Å². The number of nitro benzene ring substituents is 1. The number of carbonyl (C=O) groups is 2. The van der Waals surface area contributed by atoms with Crippen LogP contribution in [0.1, 0.15) is 26.3 Å². The summed E-state index contributed by atoms with van der Waals surface area (Å²) in [5.41, 5.74) is -0.0445. The minimum Gasteiger partial charge on any atom is -0.423 e. The van der Waals surface area contributed by atoms with Gasteiger partial charge < -0.3 is 4.42 Å². The molecule has 0 saturated heterocycles. The zero-order valence-electron chi connectivity index (χ0n) is 13.5. The van der Waals surface area contributed by atoms with Crippen LogP contribution < -0.4 is 5.63 Å². The van der Waals surface area contributed by atoms with E-state index in [0.29, 0.717) is 21.0 Å². The summed E-state index contributed by atoms with van der Waals surface area (Å²) in [4.78, 5) is 48.3. The number of imide groups is 1. The zero-order valence-corrected chi connectivity index (χ0v) is 15.1. The van der Waals surface area contributed by atoms with E-state index in [1.54, 1.807) is 18.2 Å². The molecule has 3 aromatic rings. The lowest BCUT2D eigenvalue weighted by Crippen LogP contribution is -2.29. The number of benzene rings is 2. The first-order chi connectivity index (χ1) is 12.8. The van der Waals surface area contributed by atoms with Gasteiger partial charge in [0.1, 0.15) is 5.58 Å². The van der Waals surface area contributed by atoms with Crippen molar-refractivity contribution in [1.29, 1.82) is 0 Å². The summed E-state index contributed by atoms with van der Waals surface area (Å²) < 4.78 is 5.87. The first-order valence-electron chi connectivity index (χ1n) is 7.72. The van der Waals surface area contributed by atoms with E-state index in [1.165, 1.54) is 18.2 Å². The number of carbonyl (C=O) groups excluding carboxylic acids is 2. The predicted octanol–water partition coefficient (Wildman–Crippen LogP) is 3.26. The minimum atomic E-state index is -0.641. The summed E-state index contributed by atoms with van der Waals surface area (Å²) in [5.74, 6) is -1.21. The highest BCUT2D eigenvalue weighted by Gasteiger charge is 2.37. The summed E-state index contributed by atoms with van der Waals surface area (Å²) in [7, 11) is 0. The fourth-order valence-electron chi connectivity index (χ4n) is 3.04. The number of rotatable bonds is 3. The molecule has 0 spiro atoms. The molecule has 0 saturated carbocycles. The quantitative estimate of drug-likeness (QED) is 0.274. The van der Waals surface area contributed by atoms with Gasteiger partial charge in [0, 0.05) is 28.1 Å². The average molecular weight is 429 g/mol. The Balaban J connectivity index is 1.77. The molecule has 2 amide bonds. The van der Waals surface area contributed by atoms with E-state index in [-0.39, 0.29) is 23.4 Å². The molecule has 2 heterocycles. The standard InChI is InChI=1S/C18H9BrN2O6/c19-10-1-3-12-9(5-16(22)27-15(12)6-10)8-20-17(23)13-4-2-11(21(25)26)7-14(13)18(20)24/h1-7H,8H2. The van der Waals surface area contributed by atoms with E-state index >= 15 is 0 Å². The molecule has 1 aliphatic heterocycles. The van der Waals surface area contributed by atoms with Crippen molar-refractivity contribution in [2.24, 2.45) is 0 Å². The Hall–Kier alpha value is -3.33. The van der Waals surface area contributed by atoms with E-state index in [2.05, 4.69) is 15.9 Å². The number of hydrogen-bond donors (Lipinski definition) is 0. The molecule has 8 nitrogen and oxygen atoms in total. The van der Waals surface area contributed by atoms with Gasteiger partial charge in [-0.1, -0.05) is 15.9 Å². The van der Waals surface area contributed by atoms with Crippen molar-refractivity contribution in [3.05, 3.63) is 84.2 Å². The molecule has 0 radical (unpaired) electrons. The third-order valence-electron chi connectivity index (χ3n) is 4.29. The van der Waals surface area contributed by atoms with Gasteiger partial charge in [0.15, 0.2) is 0 Å². The third-order valence-corrected chi connectivity index (χ3v) is 4.78. The summed E-state index contributed by atoms with van der Waals surface area (Å²) >= 11 is 3.29. The van der Waals surface area contributed by atoms with Crippen LogP contribution in [0.2, 0.25) is 0 Å². The van der Waals surface area contributed by atoms with Gasteiger partial charge in [0.25, 0.3) is 17.5 Å². The maximum absolute atomic E-state index is 12.6. The van der Waals surface area contributed by atoms with E-state index in [9.17, 15) is 24.5 Å². The number of nitrogens with zero attached hydrogens (tertiary/aromatic N) is 2. The Labute approximate surface area is 159 Å². The summed E-state index contributed by atoms with van der Waals surface area (Å²) in [6.07, 6.45) is 0. The van der Waals surface area contributed by atoms with Crippen LogP contribution in [-0.2, 0) is 6.54 Å². The predicted molar refractivity (Wildman–Crippen MR) is 97.5 cm³/mol. The van der Waals surface area contributed by atoms with E-state index in [0.717, 1.165) is 11.0 Å². The molecule has 0 unspecified atom stereocenters. The molecular formula is C18H9BrN2O6. The number of fused-ring (bicyclic) bond motifs is 2. The van der Waals surface area contributed by atoms with Crippen LogP contribution in [-0.4, -0.2) is 21.6 Å². The average Bonchev–Trinajstić information content (AvgIpc) is 2.85. The lowest BCUT2D eigenvalue weighted by atomic mass is 10.1. The van der Waals surface area contributed by atoms with Crippen molar-refractivity contribution in [1.82, 2.24) is 4.90 Å². The van der Waals surface area contributed by atoms with Crippen molar-refractivity contribution in [3.8, 4) is 0 Å². The molecular weight excluding hydrogens is 420 g/mol. The fourth-order valence-corrected chi connectivity index (χ4v) is 3.38. The molecule has 0 fully saturated rings. The second-order valence-electron chi connectivity index (χ2n) is 5.91. The maximum atomic E-state index is 12.6. The Morgan fingerprint density at radius 2 is 1.74 bits per heavy atom. The van der Waals surface area contributed by atoms with Crippen LogP contribution in [0, 0.1) is 10.1 Å². The Morgan fingerprint density at radius 1 is 1.00 bits per heavy atom. The van der Waals surface area contributed by atoms with Crippen LogP contribution in [0.3, 0.4) is 0 Å². The Bertz CT molecular complexity index is 1220. The number of amides is 2. The minimum absolute atomic E-state index is 0.0239. The molecule has 0 aliphatic carbocycles. The second-order valence-corrected chi connectivity index (χ2v) is 6.83. The molecule has 134 valence electrons. The van der Waals surface area contributed by atoms with Crippen LogP contribution in [0.25, 0.3) is 11.0 Å². The smallest absolute Gasteiger partial charge is 0.336 e. The second kappa shape index (κ2) is 6.13. The SMILES string of the molecule is O=C1c2ccc([N+](=O)[O-])cc2C(=O)N1Cc1cc(=O)oc2cc(Br)ccc12. The van der Waals surface area contributed by atoms with Crippen LogP contribution in [0.5, 0.6) is 0 Å². The van der Waals surface area contributed by atoms with Gasteiger partial charge >= 0.3 is 5.63 Å². The molecule has 9 heteroatoms. The van der Waals surface area contributed by atoms with Crippen molar-refractivity contribution in [2.45, 2.75) is 6.54 Å². The van der Waals surface area contributed by atoms with Crippen molar-refractivity contribution in [3.63, 3.8) is 0 Å². The monoisotopic (exact) mass is 428 g/mol. The van der Waals surface area contributed by atoms with Crippen LogP contribution in [0.4, 0.5) is 5.69 Å². The summed E-state index contributed by atoms with van der Waals surface area (Å²) in [6, 6.07) is 9.83. The fraction of sp³-hybridized carbons (Fsp3) is 0.0556. The first kappa shape index (κ1) is 17.1. The van der Waals surface area contributed by atoms with Gasteiger partial charge in [-0.15, -0.1) is 0 Å². The lowest BCUT2D eigenvalue weighted by molar-refractivity contribution is -0.384. The molecule has 4 rings (SSSR count). The maximum Gasteiger partial charge on any atom is 0.336 e. The summed E-state index contributed by atoms with van der Waals surface area (Å²) in [6.45, 7) is -0.149. The van der Waals surface area contributed by atoms with Crippen molar-refractivity contribution in [2.75, 3.05) is 0 Å².